The molecule has 2 aromatic rings. The summed E-state index contributed by atoms with van der Waals surface area (Å²) in [6.07, 6.45) is 1.50. The smallest absolute Gasteiger partial charge is 0.160 e. The van der Waals surface area contributed by atoms with Crippen LogP contribution in [-0.2, 0) is 6.42 Å². The average Bonchev–Trinajstić information content (AvgIpc) is 2.85. The van der Waals surface area contributed by atoms with Crippen LogP contribution in [0, 0.1) is 6.92 Å². The van der Waals surface area contributed by atoms with E-state index in [0.717, 1.165) is 16.9 Å². The van der Waals surface area contributed by atoms with Gasteiger partial charge in [-0.25, -0.2) is 0 Å². The molecule has 19 heavy (non-hydrogen) atoms. The van der Waals surface area contributed by atoms with E-state index in [0.29, 0.717) is 17.9 Å². The summed E-state index contributed by atoms with van der Waals surface area (Å²) in [5.74, 6) is 2.14. The van der Waals surface area contributed by atoms with Gasteiger partial charge in [0.2, 0.25) is 0 Å². The molecule has 1 heterocycles. The fraction of sp³-hybridized carbons (Fsp3) is 0.333. The molecular formula is C15H18O4. The fourth-order valence-corrected chi connectivity index (χ4v) is 1.99. The van der Waals surface area contributed by atoms with Crippen LogP contribution in [0.3, 0.4) is 0 Å². The molecule has 102 valence electrons. The van der Waals surface area contributed by atoms with Crippen LogP contribution >= 0.6 is 0 Å². The number of hydrogen-bond donors (Lipinski definition) is 1. The minimum absolute atomic E-state index is 0.499. The van der Waals surface area contributed by atoms with Crippen molar-refractivity contribution in [1.29, 1.82) is 0 Å². The largest absolute Gasteiger partial charge is 0.493 e. The molecule has 0 aliphatic rings. The molecule has 0 fully saturated rings. The maximum atomic E-state index is 10.1. The lowest BCUT2D eigenvalue weighted by molar-refractivity contribution is 0.177. The van der Waals surface area contributed by atoms with Crippen LogP contribution in [0.25, 0.3) is 0 Å². The van der Waals surface area contributed by atoms with E-state index in [-0.39, 0.29) is 0 Å². The molecule has 1 aromatic carbocycles. The summed E-state index contributed by atoms with van der Waals surface area (Å²) < 4.78 is 15.6. The number of rotatable bonds is 5. The summed E-state index contributed by atoms with van der Waals surface area (Å²) in [6.45, 7) is 1.85. The lowest BCUT2D eigenvalue weighted by atomic mass is 10.0. The quantitative estimate of drug-likeness (QED) is 0.900. The van der Waals surface area contributed by atoms with E-state index in [4.69, 9.17) is 13.9 Å². The molecule has 0 spiro atoms. The van der Waals surface area contributed by atoms with Gasteiger partial charge < -0.3 is 19.0 Å². The molecule has 0 aliphatic heterocycles. The van der Waals surface area contributed by atoms with Gasteiger partial charge in [0.05, 0.1) is 26.6 Å². The van der Waals surface area contributed by atoms with Gasteiger partial charge in [-0.05, 0) is 30.7 Å². The van der Waals surface area contributed by atoms with Crippen molar-refractivity contribution in [1.82, 2.24) is 0 Å². The van der Waals surface area contributed by atoms with Crippen molar-refractivity contribution in [3.63, 3.8) is 0 Å². The molecule has 1 aromatic heterocycles. The minimum Gasteiger partial charge on any atom is -0.493 e. The Kier molecular flexibility index (Phi) is 4.12. The van der Waals surface area contributed by atoms with Crippen LogP contribution in [0.15, 0.2) is 34.9 Å². The summed E-state index contributed by atoms with van der Waals surface area (Å²) in [5, 5.41) is 10.1. The van der Waals surface area contributed by atoms with E-state index in [1.807, 2.05) is 31.2 Å². The Morgan fingerprint density at radius 2 is 1.89 bits per heavy atom. The minimum atomic E-state index is -0.587. The molecule has 0 amide bonds. The van der Waals surface area contributed by atoms with Crippen molar-refractivity contribution < 1.29 is 19.0 Å². The van der Waals surface area contributed by atoms with E-state index in [1.54, 1.807) is 20.5 Å². The van der Waals surface area contributed by atoms with E-state index in [1.165, 1.54) is 0 Å². The first kappa shape index (κ1) is 13.5. The molecule has 1 unspecified atom stereocenters. The number of benzene rings is 1. The molecular weight excluding hydrogens is 244 g/mol. The third-order valence-corrected chi connectivity index (χ3v) is 3.01. The molecule has 0 saturated carbocycles. The van der Waals surface area contributed by atoms with E-state index >= 15 is 0 Å². The van der Waals surface area contributed by atoms with E-state index in [2.05, 4.69) is 0 Å². The van der Waals surface area contributed by atoms with E-state index in [9.17, 15) is 5.11 Å². The van der Waals surface area contributed by atoms with Crippen molar-refractivity contribution in [3.05, 3.63) is 47.4 Å². The van der Waals surface area contributed by atoms with Gasteiger partial charge in [0.25, 0.3) is 0 Å². The topological polar surface area (TPSA) is 51.8 Å². The zero-order chi connectivity index (χ0) is 13.8. The highest BCUT2D eigenvalue weighted by Crippen LogP contribution is 2.29. The fourth-order valence-electron chi connectivity index (χ4n) is 1.99. The second-order valence-electron chi connectivity index (χ2n) is 4.40. The van der Waals surface area contributed by atoms with Gasteiger partial charge in [-0.1, -0.05) is 6.07 Å². The van der Waals surface area contributed by atoms with Gasteiger partial charge in [-0.15, -0.1) is 0 Å². The lowest BCUT2D eigenvalue weighted by Gasteiger charge is -2.12. The van der Waals surface area contributed by atoms with Gasteiger partial charge >= 0.3 is 0 Å². The summed E-state index contributed by atoms with van der Waals surface area (Å²) in [7, 11) is 3.19. The highest BCUT2D eigenvalue weighted by molar-refractivity contribution is 5.43. The highest BCUT2D eigenvalue weighted by atomic mass is 16.5. The van der Waals surface area contributed by atoms with Crippen molar-refractivity contribution in [2.24, 2.45) is 0 Å². The van der Waals surface area contributed by atoms with Crippen LogP contribution in [0.5, 0.6) is 11.5 Å². The van der Waals surface area contributed by atoms with Gasteiger partial charge in [-0.2, -0.15) is 0 Å². The third kappa shape index (κ3) is 3.09. The first-order valence-electron chi connectivity index (χ1n) is 6.08. The zero-order valence-corrected chi connectivity index (χ0v) is 11.3. The molecule has 0 saturated heterocycles. The Balaban J connectivity index is 2.14. The molecule has 1 atom stereocenters. The maximum Gasteiger partial charge on any atom is 0.160 e. The number of aryl methyl sites for hydroxylation is 1. The first-order chi connectivity index (χ1) is 9.13. The van der Waals surface area contributed by atoms with Crippen molar-refractivity contribution in [2.75, 3.05) is 14.2 Å². The second kappa shape index (κ2) is 5.80. The Morgan fingerprint density at radius 1 is 1.16 bits per heavy atom. The molecule has 2 rings (SSSR count). The first-order valence-corrected chi connectivity index (χ1v) is 6.08. The lowest BCUT2D eigenvalue weighted by Crippen LogP contribution is -2.01. The molecule has 4 nitrogen and oxygen atoms in total. The number of furan rings is 1. The number of ether oxygens (including phenoxy) is 2. The Hall–Kier alpha value is -1.94. The molecule has 4 heteroatoms. The summed E-state index contributed by atoms with van der Waals surface area (Å²) in [6, 6.07) is 7.46. The second-order valence-corrected chi connectivity index (χ2v) is 4.40. The van der Waals surface area contributed by atoms with Gasteiger partial charge in [-0.3, -0.25) is 0 Å². The molecule has 1 N–H and O–H groups in total. The van der Waals surface area contributed by atoms with Gasteiger partial charge in [0, 0.05) is 12.0 Å². The maximum absolute atomic E-state index is 10.1. The van der Waals surface area contributed by atoms with Crippen LogP contribution in [0.2, 0.25) is 0 Å². The van der Waals surface area contributed by atoms with E-state index < -0.39 is 6.10 Å². The Labute approximate surface area is 112 Å². The predicted molar refractivity (Wildman–Crippen MR) is 71.7 cm³/mol. The Bertz CT molecular complexity index is 545. The van der Waals surface area contributed by atoms with Gasteiger partial charge in [0.15, 0.2) is 11.5 Å². The summed E-state index contributed by atoms with van der Waals surface area (Å²) >= 11 is 0. The standard InChI is InChI=1S/C15H18O4/c1-10-6-12(9-19-10)13(16)7-11-4-5-14(17-2)15(8-11)18-3/h4-6,8-9,13,16H,7H2,1-3H3. The van der Waals surface area contributed by atoms with Crippen molar-refractivity contribution in [2.45, 2.75) is 19.4 Å². The SMILES string of the molecule is COc1ccc(CC(O)c2coc(C)c2)cc1OC. The van der Waals surface area contributed by atoms with Crippen LogP contribution in [0.1, 0.15) is 23.0 Å². The van der Waals surface area contributed by atoms with Crippen LogP contribution in [0.4, 0.5) is 0 Å². The predicted octanol–water partition coefficient (Wildman–Crippen LogP) is 2.88. The van der Waals surface area contributed by atoms with Crippen molar-refractivity contribution >= 4 is 0 Å². The average molecular weight is 262 g/mol. The monoisotopic (exact) mass is 262 g/mol. The Morgan fingerprint density at radius 3 is 2.47 bits per heavy atom. The third-order valence-electron chi connectivity index (χ3n) is 3.01. The zero-order valence-electron chi connectivity index (χ0n) is 11.3. The molecule has 0 aliphatic carbocycles. The number of aliphatic hydroxyl groups excluding tert-OH is 1. The molecule has 0 radical (unpaired) electrons. The number of aliphatic hydroxyl groups is 1. The molecule has 0 bridgehead atoms. The number of hydrogen-bond acceptors (Lipinski definition) is 4. The summed E-state index contributed by atoms with van der Waals surface area (Å²) in [5.41, 5.74) is 1.76. The van der Waals surface area contributed by atoms with Crippen LogP contribution < -0.4 is 9.47 Å². The van der Waals surface area contributed by atoms with Crippen molar-refractivity contribution in [3.8, 4) is 11.5 Å². The highest BCUT2D eigenvalue weighted by Gasteiger charge is 2.13. The normalized spacial score (nSPS) is 12.2. The summed E-state index contributed by atoms with van der Waals surface area (Å²) in [4.78, 5) is 0. The van der Waals surface area contributed by atoms with Gasteiger partial charge in [0.1, 0.15) is 5.76 Å². The number of methoxy groups -OCH3 is 2. The van der Waals surface area contributed by atoms with Crippen LogP contribution in [-0.4, -0.2) is 19.3 Å².